The minimum absolute atomic E-state index is 0.0959. The molecule has 164 valence electrons. The lowest BCUT2D eigenvalue weighted by Gasteiger charge is -2.37. The molecule has 6 rings (SSSR count). The molecule has 2 N–H and O–H groups in total. The summed E-state index contributed by atoms with van der Waals surface area (Å²) in [5.41, 5.74) is 5.69. The molecular formula is C27H23N3O3. The lowest BCUT2D eigenvalue weighted by molar-refractivity contribution is -0.126. The van der Waals surface area contributed by atoms with Crippen molar-refractivity contribution in [1.29, 1.82) is 0 Å². The number of nitrogens with zero attached hydrogens (tertiary/aromatic N) is 1. The Labute approximate surface area is 191 Å². The second-order valence-electron chi connectivity index (χ2n) is 8.55. The van der Waals surface area contributed by atoms with E-state index in [2.05, 4.69) is 16.4 Å². The third kappa shape index (κ3) is 3.02. The number of carbonyl (C=O) groups excluding carboxylic acids is 2. The predicted octanol–water partition coefficient (Wildman–Crippen LogP) is 3.96. The molecule has 2 atom stereocenters. The minimum atomic E-state index is -0.591. The number of carbonyl (C=O) groups is 2. The normalized spacial score (nSPS) is 18.6. The quantitative estimate of drug-likeness (QED) is 0.508. The van der Waals surface area contributed by atoms with Gasteiger partial charge in [0.2, 0.25) is 5.91 Å². The molecule has 4 aromatic rings. The van der Waals surface area contributed by atoms with Crippen molar-refractivity contribution in [3.05, 3.63) is 101 Å². The van der Waals surface area contributed by atoms with Gasteiger partial charge in [0.15, 0.2) is 0 Å². The molecule has 2 aliphatic rings. The maximum atomic E-state index is 13.5. The van der Waals surface area contributed by atoms with E-state index in [0.717, 1.165) is 39.0 Å². The number of hydrogen-bond donors (Lipinski definition) is 2. The topological polar surface area (TPSA) is 74.4 Å². The number of H-pyrrole nitrogens is 1. The molecule has 0 fully saturated rings. The number of amides is 2. The first kappa shape index (κ1) is 19.6. The molecule has 2 amide bonds. The number of fused-ring (bicyclic) bond motifs is 7. The number of hydrogen-bond acceptors (Lipinski definition) is 3. The largest absolute Gasteiger partial charge is 0.497 e. The average Bonchev–Trinajstić information content (AvgIpc) is 3.38. The maximum Gasteiger partial charge on any atom is 0.255 e. The van der Waals surface area contributed by atoms with Gasteiger partial charge in [0.1, 0.15) is 11.8 Å². The number of nitrogens with one attached hydrogen (secondary N) is 2. The highest BCUT2D eigenvalue weighted by atomic mass is 16.5. The van der Waals surface area contributed by atoms with Gasteiger partial charge in [0, 0.05) is 35.1 Å². The maximum absolute atomic E-state index is 13.5. The highest BCUT2D eigenvalue weighted by Crippen LogP contribution is 2.46. The monoisotopic (exact) mass is 437 g/mol. The molecule has 0 unspecified atom stereocenters. The fourth-order valence-corrected chi connectivity index (χ4v) is 5.23. The average molecular weight is 437 g/mol. The van der Waals surface area contributed by atoms with Gasteiger partial charge in [0.25, 0.3) is 5.91 Å². The van der Waals surface area contributed by atoms with E-state index >= 15 is 0 Å². The van der Waals surface area contributed by atoms with Gasteiger partial charge in [0.05, 0.1) is 13.2 Å². The van der Waals surface area contributed by atoms with Crippen LogP contribution in [-0.2, 0) is 17.8 Å². The van der Waals surface area contributed by atoms with E-state index in [1.54, 1.807) is 12.0 Å². The van der Waals surface area contributed by atoms with Gasteiger partial charge in [-0.2, -0.15) is 0 Å². The Morgan fingerprint density at radius 3 is 2.79 bits per heavy atom. The van der Waals surface area contributed by atoms with Crippen molar-refractivity contribution in [2.75, 3.05) is 7.11 Å². The second kappa shape index (κ2) is 7.52. The Hall–Kier alpha value is -4.06. The van der Waals surface area contributed by atoms with E-state index in [0.29, 0.717) is 18.5 Å². The first-order valence-electron chi connectivity index (χ1n) is 11.1. The molecule has 3 aromatic carbocycles. The minimum Gasteiger partial charge on any atom is -0.497 e. The van der Waals surface area contributed by atoms with Crippen molar-refractivity contribution in [1.82, 2.24) is 15.2 Å². The van der Waals surface area contributed by atoms with Crippen molar-refractivity contribution in [3.63, 3.8) is 0 Å². The molecule has 0 aliphatic carbocycles. The number of para-hydroxylation sites is 1. The van der Waals surface area contributed by atoms with E-state index < -0.39 is 6.04 Å². The van der Waals surface area contributed by atoms with Gasteiger partial charge < -0.3 is 19.9 Å². The molecular weight excluding hydrogens is 414 g/mol. The summed E-state index contributed by atoms with van der Waals surface area (Å²) in [5, 5.41) is 4.16. The van der Waals surface area contributed by atoms with Crippen LogP contribution in [0.25, 0.3) is 10.9 Å². The molecule has 0 saturated carbocycles. The van der Waals surface area contributed by atoms with Crippen LogP contribution in [-0.4, -0.2) is 34.8 Å². The van der Waals surface area contributed by atoms with Crippen LogP contribution in [0.15, 0.2) is 72.8 Å². The molecule has 0 radical (unpaired) electrons. The van der Waals surface area contributed by atoms with E-state index in [1.165, 1.54) is 0 Å². The summed E-state index contributed by atoms with van der Waals surface area (Å²) in [5.74, 6) is 0.495. The summed E-state index contributed by atoms with van der Waals surface area (Å²) in [6.07, 6.45) is 0.472. The molecule has 6 nitrogen and oxygen atoms in total. The van der Waals surface area contributed by atoms with Crippen molar-refractivity contribution >= 4 is 22.7 Å². The zero-order valence-electron chi connectivity index (χ0n) is 18.2. The lowest BCUT2D eigenvalue weighted by atomic mass is 9.90. The highest BCUT2D eigenvalue weighted by Gasteiger charge is 2.48. The summed E-state index contributed by atoms with van der Waals surface area (Å²) in [7, 11) is 1.62. The van der Waals surface area contributed by atoms with E-state index in [4.69, 9.17) is 4.74 Å². The molecule has 33 heavy (non-hydrogen) atoms. The number of methoxy groups -OCH3 is 1. The standard InChI is InChI=1S/C27H23N3O3/c1-33-17-8-6-7-16(13-17)15-28-26(31)23-14-21-18-9-4-5-12-22(18)29-24(21)25-19-10-2-3-11-20(19)27(32)30(23)25/h2-13,23,25,29H,14-15H2,1H3,(H,28,31)/t23-,25-/m0/s1. The number of benzene rings is 3. The fourth-order valence-electron chi connectivity index (χ4n) is 5.23. The van der Waals surface area contributed by atoms with Gasteiger partial charge in [-0.1, -0.05) is 48.5 Å². The molecule has 0 bridgehead atoms. The Bertz CT molecular complexity index is 1410. The number of aromatic amines is 1. The summed E-state index contributed by atoms with van der Waals surface area (Å²) in [6.45, 7) is 0.368. The van der Waals surface area contributed by atoms with Gasteiger partial charge >= 0.3 is 0 Å². The Morgan fingerprint density at radius 2 is 1.91 bits per heavy atom. The molecule has 2 aliphatic heterocycles. The zero-order chi connectivity index (χ0) is 22.5. The fraction of sp³-hybridized carbons (Fsp3) is 0.185. The highest BCUT2D eigenvalue weighted by molar-refractivity contribution is 6.03. The lowest BCUT2D eigenvalue weighted by Crippen LogP contribution is -2.52. The first-order valence-corrected chi connectivity index (χ1v) is 11.1. The van der Waals surface area contributed by atoms with Gasteiger partial charge in [-0.25, -0.2) is 0 Å². The van der Waals surface area contributed by atoms with Gasteiger partial charge in [-0.3, -0.25) is 9.59 Å². The predicted molar refractivity (Wildman–Crippen MR) is 125 cm³/mol. The summed E-state index contributed by atoms with van der Waals surface area (Å²) in [4.78, 5) is 32.2. The van der Waals surface area contributed by atoms with Crippen molar-refractivity contribution < 1.29 is 14.3 Å². The zero-order valence-corrected chi connectivity index (χ0v) is 18.2. The molecule has 6 heteroatoms. The van der Waals surface area contributed by atoms with Crippen LogP contribution in [0.4, 0.5) is 0 Å². The Morgan fingerprint density at radius 1 is 1.09 bits per heavy atom. The van der Waals surface area contributed by atoms with E-state index in [9.17, 15) is 9.59 Å². The number of aromatic nitrogens is 1. The smallest absolute Gasteiger partial charge is 0.255 e. The van der Waals surface area contributed by atoms with Gasteiger partial charge in [-0.15, -0.1) is 0 Å². The van der Waals surface area contributed by atoms with Crippen LogP contribution >= 0.6 is 0 Å². The summed E-state index contributed by atoms with van der Waals surface area (Å²) < 4.78 is 5.29. The molecule has 0 spiro atoms. The van der Waals surface area contributed by atoms with Gasteiger partial charge in [-0.05, 0) is 41.0 Å². The number of ether oxygens (including phenoxy) is 1. The molecule has 0 saturated heterocycles. The van der Waals surface area contributed by atoms with Crippen molar-refractivity contribution in [3.8, 4) is 5.75 Å². The summed E-state index contributed by atoms with van der Waals surface area (Å²) in [6, 6.07) is 22.5. The van der Waals surface area contributed by atoms with Crippen LogP contribution in [0.3, 0.4) is 0 Å². The summed E-state index contributed by atoms with van der Waals surface area (Å²) >= 11 is 0. The molecule has 1 aromatic heterocycles. The van der Waals surface area contributed by atoms with E-state index in [1.807, 2.05) is 66.7 Å². The van der Waals surface area contributed by atoms with Crippen molar-refractivity contribution in [2.45, 2.75) is 25.0 Å². The van der Waals surface area contributed by atoms with Crippen LogP contribution in [0.2, 0.25) is 0 Å². The van der Waals surface area contributed by atoms with Crippen LogP contribution in [0.5, 0.6) is 5.75 Å². The second-order valence-corrected chi connectivity index (χ2v) is 8.55. The van der Waals surface area contributed by atoms with E-state index in [-0.39, 0.29) is 17.9 Å². The third-order valence-electron chi connectivity index (χ3n) is 6.76. The Balaban J connectivity index is 1.39. The van der Waals surface area contributed by atoms with Crippen LogP contribution in [0.1, 0.15) is 38.8 Å². The van der Waals surface area contributed by atoms with Crippen LogP contribution in [0, 0.1) is 0 Å². The van der Waals surface area contributed by atoms with Crippen molar-refractivity contribution in [2.24, 2.45) is 0 Å². The SMILES string of the molecule is COc1cccc(CNC(=O)[C@@H]2Cc3c([nH]c4ccccc34)[C@@H]3c4ccccc4C(=O)N32)c1. The Kier molecular flexibility index (Phi) is 4.47. The third-order valence-corrected chi connectivity index (χ3v) is 6.76. The first-order chi connectivity index (χ1) is 16.2. The van der Waals surface area contributed by atoms with Crippen LogP contribution < -0.4 is 10.1 Å². The molecule has 3 heterocycles. The number of rotatable bonds is 4.